The van der Waals surface area contributed by atoms with Crippen LogP contribution < -0.4 is 10.6 Å². The third-order valence-corrected chi connectivity index (χ3v) is 9.52. The summed E-state index contributed by atoms with van der Waals surface area (Å²) in [5, 5.41) is 7.14. The number of benzene rings is 1. The van der Waals surface area contributed by atoms with E-state index in [1.54, 1.807) is 35.2 Å². The summed E-state index contributed by atoms with van der Waals surface area (Å²) in [5.74, 6) is -3.00. The summed E-state index contributed by atoms with van der Waals surface area (Å²) in [4.78, 5) is 13.0. The van der Waals surface area contributed by atoms with E-state index in [-0.39, 0.29) is 49.3 Å². The largest absolute Gasteiger partial charge is 0.365 e. The van der Waals surface area contributed by atoms with E-state index >= 15 is 4.39 Å². The molecule has 0 aromatic heterocycles. The minimum absolute atomic E-state index is 0.0566. The lowest BCUT2D eigenvalue weighted by atomic mass is 9.77. The minimum atomic E-state index is -3.49. The Labute approximate surface area is 234 Å². The number of para-hydroxylation sites is 1. The number of hydroxylamine groups is 2. The van der Waals surface area contributed by atoms with Crippen molar-refractivity contribution in [1.82, 2.24) is 24.5 Å². The molecule has 3 aliphatic heterocycles. The Kier molecular flexibility index (Phi) is 8.61. The van der Waals surface area contributed by atoms with Gasteiger partial charge in [-0.15, -0.1) is 0 Å². The molecule has 4 rings (SSSR count). The van der Waals surface area contributed by atoms with E-state index in [4.69, 9.17) is 4.84 Å². The van der Waals surface area contributed by atoms with E-state index in [2.05, 4.69) is 48.2 Å². The zero-order chi connectivity index (χ0) is 29.5. The number of hydrogen-bond donors (Lipinski definition) is 2. The molecule has 10 nitrogen and oxygen atoms in total. The van der Waals surface area contributed by atoms with Crippen molar-refractivity contribution < 1.29 is 26.4 Å². The second-order valence-electron chi connectivity index (χ2n) is 11.8. The number of guanidine groups is 1. The van der Waals surface area contributed by atoms with Gasteiger partial charge in [-0.25, -0.2) is 17.8 Å². The summed E-state index contributed by atoms with van der Waals surface area (Å²) in [6, 6.07) is 8.45. The molecule has 2 N–H and O–H groups in total. The quantitative estimate of drug-likeness (QED) is 0.503. The molecule has 2 saturated heterocycles. The van der Waals surface area contributed by atoms with Crippen LogP contribution >= 0.6 is 0 Å². The SMILES string of the molecule is CN1C(C)(C)CC(NC2(N3CCN(S(C)(=O)=O)CC3)C(F)=CN=C(Nc3ccccc3)N2OC(F)F)CC1(C)C. The molecule has 14 heteroatoms. The van der Waals surface area contributed by atoms with E-state index < -0.39 is 28.2 Å². The van der Waals surface area contributed by atoms with Crippen molar-refractivity contribution in [1.29, 1.82) is 0 Å². The number of sulfonamides is 1. The normalized spacial score (nSPS) is 27.0. The molecule has 1 aromatic carbocycles. The van der Waals surface area contributed by atoms with Crippen LogP contribution in [0.15, 0.2) is 47.4 Å². The molecular weight excluding hydrogens is 547 g/mol. The van der Waals surface area contributed by atoms with E-state index in [1.807, 2.05) is 7.05 Å². The van der Waals surface area contributed by atoms with Crippen molar-refractivity contribution in [2.24, 2.45) is 4.99 Å². The summed E-state index contributed by atoms with van der Waals surface area (Å²) in [6.07, 6.45) is 3.29. The van der Waals surface area contributed by atoms with Gasteiger partial charge >= 0.3 is 6.61 Å². The highest BCUT2D eigenvalue weighted by Gasteiger charge is 2.56. The standard InChI is InChI=1S/C26H40F3N7O3S/c1-24(2)16-20(17-25(3,4)33(24)5)32-26(34-12-14-35(15-13-34)40(6,37)38)21(27)18-30-23(36(26)39-22(28)29)31-19-10-8-7-9-11-19/h7-11,18,20,22,32H,12-17H2,1-6H3,(H,30,31). The van der Waals surface area contributed by atoms with Gasteiger partial charge in [-0.2, -0.15) is 23.0 Å². The fourth-order valence-electron chi connectivity index (χ4n) is 6.05. The summed E-state index contributed by atoms with van der Waals surface area (Å²) in [7, 11) is -1.45. The smallest absolute Gasteiger partial charge is 0.324 e. The monoisotopic (exact) mass is 587 g/mol. The molecule has 2 fully saturated rings. The van der Waals surface area contributed by atoms with Crippen LogP contribution in [0.3, 0.4) is 0 Å². The number of piperidine rings is 1. The molecule has 0 aliphatic carbocycles. The molecular formula is C26H40F3N7O3S. The number of halogens is 3. The maximum Gasteiger partial charge on any atom is 0.365 e. The Morgan fingerprint density at radius 3 is 2.12 bits per heavy atom. The van der Waals surface area contributed by atoms with Crippen molar-refractivity contribution in [3.63, 3.8) is 0 Å². The Bertz CT molecular complexity index is 1200. The molecule has 3 aliphatic rings. The van der Waals surface area contributed by atoms with Gasteiger partial charge in [-0.3, -0.25) is 15.1 Å². The molecule has 0 spiro atoms. The van der Waals surface area contributed by atoms with Crippen LogP contribution in [0.25, 0.3) is 0 Å². The second-order valence-corrected chi connectivity index (χ2v) is 13.8. The number of alkyl halides is 2. The van der Waals surface area contributed by atoms with Gasteiger partial charge in [0.05, 0.1) is 12.5 Å². The maximum atomic E-state index is 16.4. The van der Waals surface area contributed by atoms with Crippen molar-refractivity contribution in [2.45, 2.75) is 70.1 Å². The molecule has 0 amide bonds. The fraction of sp³-hybridized carbons (Fsp3) is 0.654. The Balaban J connectivity index is 1.78. The van der Waals surface area contributed by atoms with Crippen LogP contribution in [0.4, 0.5) is 18.9 Å². The lowest BCUT2D eigenvalue weighted by Gasteiger charge is -2.58. The number of likely N-dealkylation sites (tertiary alicyclic amines) is 1. The van der Waals surface area contributed by atoms with Crippen LogP contribution in [-0.4, -0.2) is 103 Å². The van der Waals surface area contributed by atoms with Gasteiger partial charge in [0.25, 0.3) is 0 Å². The van der Waals surface area contributed by atoms with Gasteiger partial charge in [0.2, 0.25) is 21.8 Å². The molecule has 40 heavy (non-hydrogen) atoms. The predicted molar refractivity (Wildman–Crippen MR) is 148 cm³/mol. The highest BCUT2D eigenvalue weighted by molar-refractivity contribution is 7.88. The maximum absolute atomic E-state index is 16.4. The van der Waals surface area contributed by atoms with Gasteiger partial charge in [0, 0.05) is 49.0 Å². The molecule has 0 saturated carbocycles. The fourth-order valence-corrected chi connectivity index (χ4v) is 6.88. The first-order chi connectivity index (χ1) is 18.6. The first kappa shape index (κ1) is 30.7. The van der Waals surface area contributed by atoms with E-state index in [0.29, 0.717) is 18.5 Å². The van der Waals surface area contributed by atoms with E-state index in [0.717, 1.165) is 17.5 Å². The van der Waals surface area contributed by atoms with Crippen LogP contribution in [0.1, 0.15) is 40.5 Å². The van der Waals surface area contributed by atoms with Gasteiger partial charge in [-0.1, -0.05) is 18.2 Å². The Morgan fingerprint density at radius 1 is 1.02 bits per heavy atom. The van der Waals surface area contributed by atoms with Gasteiger partial charge in [-0.05, 0) is 59.7 Å². The second kappa shape index (κ2) is 11.2. The summed E-state index contributed by atoms with van der Waals surface area (Å²) < 4.78 is 70.1. The Morgan fingerprint density at radius 2 is 1.60 bits per heavy atom. The van der Waals surface area contributed by atoms with E-state index in [1.165, 1.54) is 4.31 Å². The zero-order valence-electron chi connectivity index (χ0n) is 23.9. The first-order valence-electron chi connectivity index (χ1n) is 13.3. The number of nitrogens with zero attached hydrogens (tertiary/aromatic N) is 5. The molecule has 3 heterocycles. The highest BCUT2D eigenvalue weighted by Crippen LogP contribution is 2.41. The molecule has 1 unspecified atom stereocenters. The number of aliphatic imine (C=N–C) groups is 1. The zero-order valence-corrected chi connectivity index (χ0v) is 24.7. The van der Waals surface area contributed by atoms with Crippen LogP contribution in [-0.2, 0) is 14.9 Å². The average molecular weight is 588 g/mol. The van der Waals surface area contributed by atoms with E-state index in [9.17, 15) is 17.2 Å². The number of nitrogens with one attached hydrogen (secondary N) is 2. The molecule has 1 atom stereocenters. The van der Waals surface area contributed by atoms with Crippen molar-refractivity contribution >= 4 is 21.7 Å². The summed E-state index contributed by atoms with van der Waals surface area (Å²) in [6.45, 7) is 5.29. The summed E-state index contributed by atoms with van der Waals surface area (Å²) in [5.41, 5.74) is -0.0481. The third kappa shape index (κ3) is 6.16. The molecule has 224 valence electrons. The third-order valence-electron chi connectivity index (χ3n) is 8.21. The van der Waals surface area contributed by atoms with Crippen LogP contribution in [0, 0.1) is 0 Å². The van der Waals surface area contributed by atoms with Crippen molar-refractivity contribution in [3.05, 3.63) is 42.4 Å². The van der Waals surface area contributed by atoms with Gasteiger partial charge in [0.15, 0.2) is 5.83 Å². The van der Waals surface area contributed by atoms with Gasteiger partial charge < -0.3 is 5.32 Å². The lowest BCUT2D eigenvalue weighted by Crippen LogP contribution is -2.77. The van der Waals surface area contributed by atoms with Crippen molar-refractivity contribution in [3.8, 4) is 0 Å². The van der Waals surface area contributed by atoms with Crippen LogP contribution in [0.2, 0.25) is 0 Å². The van der Waals surface area contributed by atoms with Crippen LogP contribution in [0.5, 0.6) is 0 Å². The minimum Gasteiger partial charge on any atom is -0.324 e. The molecule has 0 radical (unpaired) electrons. The summed E-state index contributed by atoms with van der Waals surface area (Å²) >= 11 is 0. The van der Waals surface area contributed by atoms with Gasteiger partial charge in [0.1, 0.15) is 0 Å². The predicted octanol–water partition coefficient (Wildman–Crippen LogP) is 3.21. The molecule has 1 aromatic rings. The highest BCUT2D eigenvalue weighted by atomic mass is 32.2. The number of anilines is 1. The average Bonchev–Trinajstić information content (AvgIpc) is 2.86. The number of hydrogen-bond acceptors (Lipinski definition) is 9. The number of rotatable bonds is 7. The number of piperazine rings is 1. The first-order valence-corrected chi connectivity index (χ1v) is 15.1. The topological polar surface area (TPSA) is 92.8 Å². The Hall–Kier alpha value is -2.23. The van der Waals surface area contributed by atoms with Crippen molar-refractivity contribution in [2.75, 3.05) is 44.8 Å². The lowest BCUT2D eigenvalue weighted by molar-refractivity contribution is -0.313. The molecule has 0 bridgehead atoms.